The predicted octanol–water partition coefficient (Wildman–Crippen LogP) is 3.27. The third-order valence-corrected chi connectivity index (χ3v) is 18.2. The molecule has 3 aromatic heterocycles. The lowest BCUT2D eigenvalue weighted by molar-refractivity contribution is -0.316. The van der Waals surface area contributed by atoms with E-state index < -0.39 is 141 Å². The van der Waals surface area contributed by atoms with Crippen LogP contribution in [0.1, 0.15) is 129 Å². The number of methoxy groups -OCH3 is 1. The molecule has 0 saturated carbocycles. The maximum atomic E-state index is 14.8. The predicted molar refractivity (Wildman–Crippen MR) is 312 cm³/mol. The lowest BCUT2D eigenvalue weighted by Crippen LogP contribution is -2.61. The molecule has 0 unspecified atom stereocenters. The summed E-state index contributed by atoms with van der Waals surface area (Å²) in [6.45, 7) is 18.5. The van der Waals surface area contributed by atoms with Crippen molar-refractivity contribution in [3.05, 3.63) is 57.3 Å². The molecule has 3 aromatic rings. The molecule has 0 radical (unpaired) electrons. The molecule has 85 heavy (non-hydrogen) atoms. The number of carbonyl (C=O) groups excluding carboxylic acids is 1. The average molecular weight is 1220 g/mol. The second-order valence-electron chi connectivity index (χ2n) is 24.5. The molecule has 0 spiro atoms. The number of carbonyl (C=O) groups is 2. The summed E-state index contributed by atoms with van der Waals surface area (Å²) in [7, 11) is 4.23. The molecular weight excluding hydrogens is 1130 g/mol. The van der Waals surface area contributed by atoms with E-state index in [2.05, 4.69) is 20.6 Å². The number of carboxylic acids is 1. The molecule has 0 amide bonds. The molecule has 3 saturated heterocycles. The molecule has 480 valence electrons. The number of aliphatic hydroxyl groups is 4. The number of esters is 1. The highest BCUT2D eigenvalue weighted by Gasteiger charge is 2.54. The Morgan fingerprint density at radius 3 is 2.26 bits per heavy atom. The number of rotatable bonds is 21. The average Bonchev–Trinajstić information content (AvgIpc) is 2.58. The second kappa shape index (κ2) is 28.6. The van der Waals surface area contributed by atoms with E-state index in [0.29, 0.717) is 48.5 Å². The van der Waals surface area contributed by atoms with Gasteiger partial charge in [-0.25, -0.2) is 9.78 Å². The first-order valence-corrected chi connectivity index (χ1v) is 30.8. The van der Waals surface area contributed by atoms with Gasteiger partial charge in [0, 0.05) is 75.9 Å². The summed E-state index contributed by atoms with van der Waals surface area (Å²) in [4.78, 5) is 51.8. The van der Waals surface area contributed by atoms with Crippen LogP contribution in [0.4, 0.5) is 0 Å². The first-order valence-electron chi connectivity index (χ1n) is 29.2. The summed E-state index contributed by atoms with van der Waals surface area (Å²) in [5.74, 6) is -5.93. The van der Waals surface area contributed by atoms with Gasteiger partial charge >= 0.3 is 11.9 Å². The summed E-state index contributed by atoms with van der Waals surface area (Å²) >= 11 is 0. The van der Waals surface area contributed by atoms with E-state index in [9.17, 15) is 48.3 Å². The Morgan fingerprint density at radius 1 is 0.953 bits per heavy atom. The Bertz CT molecular complexity index is 2940. The molecule has 3 fully saturated rings. The number of cyclic esters (lactones) is 1. The molecule has 0 aromatic carbocycles. The fourth-order valence-corrected chi connectivity index (χ4v) is 13.4. The van der Waals surface area contributed by atoms with Gasteiger partial charge in [-0.05, 0) is 113 Å². The number of pyridine rings is 2. The zero-order chi connectivity index (χ0) is 63.3. The topological polar surface area (TPSA) is 335 Å². The van der Waals surface area contributed by atoms with Crippen molar-refractivity contribution in [1.29, 1.82) is 0 Å². The van der Waals surface area contributed by atoms with Crippen molar-refractivity contribution in [3.8, 4) is 0 Å². The number of oxime groups is 1. The van der Waals surface area contributed by atoms with Gasteiger partial charge in [0.1, 0.15) is 46.4 Å². The number of likely N-dealkylation sites (N-methyl/N-ethyl adjacent to an activating group) is 1. The van der Waals surface area contributed by atoms with Crippen LogP contribution in [0.2, 0.25) is 0 Å². The van der Waals surface area contributed by atoms with Crippen molar-refractivity contribution in [2.75, 3.05) is 59.2 Å². The highest BCUT2D eigenvalue weighted by atomic mass is 32.2. The molecular formula is C58H93N7O19S. The highest BCUT2D eigenvalue weighted by molar-refractivity contribution is 7.86. The van der Waals surface area contributed by atoms with E-state index >= 15 is 0 Å². The summed E-state index contributed by atoms with van der Waals surface area (Å²) in [6.07, 6.45) is -9.27. The van der Waals surface area contributed by atoms with Crippen LogP contribution in [0, 0.1) is 30.6 Å². The van der Waals surface area contributed by atoms with Gasteiger partial charge < -0.3 is 78.5 Å². The lowest BCUT2D eigenvalue weighted by Gasteiger charge is -2.49. The third kappa shape index (κ3) is 16.5. The maximum absolute atomic E-state index is 14.8. The summed E-state index contributed by atoms with van der Waals surface area (Å²) in [6, 6.07) is 4.73. The number of nitrogens with one attached hydrogen (secondary N) is 1. The first kappa shape index (κ1) is 69.4. The Labute approximate surface area is 498 Å². The van der Waals surface area contributed by atoms with Crippen molar-refractivity contribution in [3.63, 3.8) is 0 Å². The molecule has 6 heterocycles. The van der Waals surface area contributed by atoms with Gasteiger partial charge in [0.15, 0.2) is 19.2 Å². The van der Waals surface area contributed by atoms with Gasteiger partial charge in [0.05, 0.1) is 64.6 Å². The fraction of sp³-hybridized carbons (Fsp3) is 0.759. The zero-order valence-corrected chi connectivity index (χ0v) is 52.9. The fourth-order valence-electron chi connectivity index (χ4n) is 12.2. The molecule has 0 bridgehead atoms. The largest absolute Gasteiger partial charge is 0.477 e. The van der Waals surface area contributed by atoms with Gasteiger partial charge in [0.25, 0.3) is 10.1 Å². The van der Waals surface area contributed by atoms with Gasteiger partial charge in [-0.1, -0.05) is 38.0 Å². The van der Waals surface area contributed by atoms with Crippen LogP contribution in [-0.2, 0) is 65.4 Å². The van der Waals surface area contributed by atoms with E-state index in [1.807, 2.05) is 25.9 Å². The number of hydrogen-bond acceptors (Lipinski definition) is 24. The number of aromatic carboxylic acids is 1. The Hall–Kier alpha value is -4.75. The third-order valence-electron chi connectivity index (χ3n) is 17.0. The number of aliphatic hydroxyl groups excluding tert-OH is 2. The van der Waals surface area contributed by atoms with E-state index in [4.69, 9.17) is 42.0 Å². The van der Waals surface area contributed by atoms with Gasteiger partial charge in [-0.3, -0.25) is 18.4 Å². The first-order chi connectivity index (χ1) is 39.7. The zero-order valence-electron chi connectivity index (χ0n) is 52.1. The molecule has 6 rings (SSSR count). The SMILES string of the molecule is CC[C@H]1OC(=O)[C@H](C)[C@@H](O[C@H]2C[C@@](C)(OC)[C@@H](OS(=O)(=O)CCNCCCc3ccc4c(n3)c(=O)c(C(=O)O)cn4N(C)C)[C@H](C)O2)[C@H](C)[C@@H](O[C@@H]2O[C@H](C)C[C@H](N(C)C)[C@H]2O)[C@](C)(O)C[C@@H](C)/C(=N\OCc2cc(C)on2)[C@H](C)[C@@H](O)[C@]1(C)O. The van der Waals surface area contributed by atoms with Crippen LogP contribution in [-0.4, -0.2) is 210 Å². The number of ether oxygens (including phenoxy) is 6. The van der Waals surface area contributed by atoms with Gasteiger partial charge in [-0.15, -0.1) is 0 Å². The van der Waals surface area contributed by atoms with E-state index in [-0.39, 0.29) is 49.7 Å². The molecule has 0 aliphatic carbocycles. The van der Waals surface area contributed by atoms with E-state index in [1.54, 1.807) is 99.6 Å². The van der Waals surface area contributed by atoms with Crippen LogP contribution in [0.3, 0.4) is 0 Å². The Morgan fingerprint density at radius 2 is 1.65 bits per heavy atom. The summed E-state index contributed by atoms with van der Waals surface area (Å²) < 4.78 is 78.9. The molecule has 27 heteroatoms. The Kier molecular flexibility index (Phi) is 23.3. The number of hydrogen-bond donors (Lipinski definition) is 6. The molecule has 3 aliphatic rings. The van der Waals surface area contributed by atoms with Crippen LogP contribution in [0.25, 0.3) is 11.0 Å². The van der Waals surface area contributed by atoms with Gasteiger partial charge in [0.2, 0.25) is 5.43 Å². The quantitative estimate of drug-likeness (QED) is 0.0386. The minimum Gasteiger partial charge on any atom is -0.477 e. The number of aryl methyl sites for hydroxylation is 2. The van der Waals surface area contributed by atoms with Gasteiger partial charge in [-0.2, -0.15) is 8.42 Å². The van der Waals surface area contributed by atoms with Crippen molar-refractivity contribution in [2.24, 2.45) is 28.8 Å². The lowest BCUT2D eigenvalue weighted by atomic mass is 9.73. The highest BCUT2D eigenvalue weighted by Crippen LogP contribution is 2.42. The standard InChI is InChI=1S/C58H93N7O19S/c1-17-43-58(11,73)50(68)34(5)45(62-77-30-39-25-33(4)83-61-39)31(2)27-56(9,72)51(82-55-48(67)42(63(12)13)26-32(3)78-55)35(6)49(36(7)54(71)80-43)81-44-28-57(10,76-16)52(37(8)79-44)84-85(74,75)24-23-59-22-18-19-38-20-21-41-46(60-38)47(66)40(53(69)70)29-65(41)64(14)15/h20-21,25,29,31-32,34-37,42-44,48-52,55,59,67-68,72-73H,17-19,22-24,26-28,30H2,1-16H3,(H,69,70)/b62-45+/t31-,32-,34+,35+,36-,37+,42+,43-,44+,48-,49+,50-,51-,52+,55+,56-,57-,58-/m1/s1. The minimum absolute atomic E-state index is 0.00904. The van der Waals surface area contributed by atoms with Crippen LogP contribution >= 0.6 is 0 Å². The number of nitrogens with zero attached hydrogens (tertiary/aromatic N) is 6. The molecule has 26 nitrogen and oxygen atoms in total. The normalized spacial score (nSPS) is 35.2. The Balaban J connectivity index is 1.24. The van der Waals surface area contributed by atoms with Crippen LogP contribution in [0.15, 0.2) is 38.9 Å². The molecule has 3 aliphatic heterocycles. The van der Waals surface area contributed by atoms with Crippen molar-refractivity contribution in [2.45, 2.75) is 206 Å². The summed E-state index contributed by atoms with van der Waals surface area (Å²) in [5.41, 5.74) is -4.73. The van der Waals surface area contributed by atoms with Crippen LogP contribution in [0.5, 0.6) is 0 Å². The maximum Gasteiger partial charge on any atom is 0.341 e. The van der Waals surface area contributed by atoms with E-state index in [0.717, 1.165) is 0 Å². The minimum atomic E-state index is -4.25. The molecule has 6 N–H and O–H groups in total. The number of carboxylic acid groups (broad SMARTS) is 1. The van der Waals surface area contributed by atoms with E-state index in [1.165, 1.54) is 24.9 Å². The number of fused-ring (bicyclic) bond motifs is 1. The summed E-state index contributed by atoms with van der Waals surface area (Å²) in [5, 5.41) is 72.2. The molecule has 18 atom stereocenters. The number of aromatic nitrogens is 3. The van der Waals surface area contributed by atoms with Crippen molar-refractivity contribution < 1.29 is 85.5 Å². The van der Waals surface area contributed by atoms with Crippen molar-refractivity contribution in [1.82, 2.24) is 25.0 Å². The van der Waals surface area contributed by atoms with Crippen LogP contribution < -0.4 is 15.8 Å². The monoisotopic (exact) mass is 1220 g/mol. The smallest absolute Gasteiger partial charge is 0.341 e. The van der Waals surface area contributed by atoms with Crippen molar-refractivity contribution >= 4 is 38.8 Å². The second-order valence-corrected chi connectivity index (χ2v) is 26.2.